The average molecular weight is 494 g/mol. The number of hydrazone groups is 1. The van der Waals surface area contributed by atoms with Crippen LogP contribution in [0.1, 0.15) is 49.3 Å². The van der Waals surface area contributed by atoms with Crippen LogP contribution in [-0.2, 0) is 4.79 Å². The lowest BCUT2D eigenvalue weighted by Crippen LogP contribution is -2.20. The van der Waals surface area contributed by atoms with Crippen LogP contribution in [0.15, 0.2) is 52.7 Å². The normalized spacial score (nSPS) is 14.3. The van der Waals surface area contributed by atoms with Gasteiger partial charge in [0.25, 0.3) is 5.91 Å². The van der Waals surface area contributed by atoms with Gasteiger partial charge in [-0.3, -0.25) is 9.36 Å². The van der Waals surface area contributed by atoms with Gasteiger partial charge in [-0.1, -0.05) is 60.9 Å². The number of ether oxygens (including phenoxy) is 2. The van der Waals surface area contributed by atoms with Crippen molar-refractivity contribution in [1.29, 1.82) is 0 Å². The first kappa shape index (κ1) is 24.8. The van der Waals surface area contributed by atoms with Gasteiger partial charge in [-0.05, 0) is 31.9 Å². The van der Waals surface area contributed by atoms with Gasteiger partial charge in [-0.25, -0.2) is 5.43 Å². The highest BCUT2D eigenvalue weighted by Crippen LogP contribution is 2.35. The predicted molar refractivity (Wildman–Crippen MR) is 138 cm³/mol. The van der Waals surface area contributed by atoms with Crippen LogP contribution in [-0.4, -0.2) is 46.9 Å². The molecule has 9 heteroatoms. The molecule has 4 rings (SSSR count). The molecule has 8 nitrogen and oxygen atoms in total. The van der Waals surface area contributed by atoms with Crippen LogP contribution in [0, 0.1) is 6.92 Å². The van der Waals surface area contributed by atoms with E-state index in [1.807, 2.05) is 12.1 Å². The van der Waals surface area contributed by atoms with Gasteiger partial charge >= 0.3 is 0 Å². The number of nitrogens with one attached hydrogen (secondary N) is 1. The van der Waals surface area contributed by atoms with Gasteiger partial charge < -0.3 is 9.47 Å². The molecule has 1 aliphatic rings. The molecule has 184 valence electrons. The number of rotatable bonds is 9. The lowest BCUT2D eigenvalue weighted by atomic mass is 9.95. The van der Waals surface area contributed by atoms with Gasteiger partial charge in [0.2, 0.25) is 0 Å². The standard InChI is InChI=1S/C26H31N5O3S/c1-18-9-11-19(12-10-18)25-29-30-26(31(25)21-7-5-4-6-8-21)35-17-24(32)28-27-16-20-13-14-22(33-2)15-23(20)34-3/h9-16,21H,4-8,17H2,1-3H3,(H,28,32)/b27-16-. The molecule has 1 heterocycles. The summed E-state index contributed by atoms with van der Waals surface area (Å²) in [6, 6.07) is 14.1. The molecule has 1 aromatic heterocycles. The summed E-state index contributed by atoms with van der Waals surface area (Å²) < 4.78 is 12.8. The highest BCUT2D eigenvalue weighted by molar-refractivity contribution is 7.99. The minimum absolute atomic E-state index is 0.190. The molecular formula is C26H31N5O3S. The third-order valence-electron chi connectivity index (χ3n) is 6.08. The SMILES string of the molecule is COc1ccc(/C=N\NC(=O)CSc2nnc(-c3ccc(C)cc3)n2C2CCCCC2)c(OC)c1. The lowest BCUT2D eigenvalue weighted by Gasteiger charge is -2.25. The number of thioether (sulfide) groups is 1. The van der Waals surface area contributed by atoms with E-state index >= 15 is 0 Å². The van der Waals surface area contributed by atoms with Crippen molar-refractivity contribution in [3.63, 3.8) is 0 Å². The van der Waals surface area contributed by atoms with Crippen LogP contribution in [0.25, 0.3) is 11.4 Å². The van der Waals surface area contributed by atoms with Crippen LogP contribution < -0.4 is 14.9 Å². The number of hydrogen-bond donors (Lipinski definition) is 1. The lowest BCUT2D eigenvalue weighted by molar-refractivity contribution is -0.118. The molecule has 1 N–H and O–H groups in total. The number of benzene rings is 2. The minimum atomic E-state index is -0.214. The molecule has 1 aliphatic carbocycles. The Morgan fingerprint density at radius 3 is 2.60 bits per heavy atom. The predicted octanol–water partition coefficient (Wildman–Crippen LogP) is 5.02. The molecule has 0 aliphatic heterocycles. The number of carbonyl (C=O) groups is 1. The molecule has 1 amide bonds. The molecule has 1 saturated carbocycles. The smallest absolute Gasteiger partial charge is 0.250 e. The van der Waals surface area contributed by atoms with E-state index in [-0.39, 0.29) is 11.7 Å². The summed E-state index contributed by atoms with van der Waals surface area (Å²) in [5.41, 5.74) is 5.58. The first-order valence-corrected chi connectivity index (χ1v) is 12.8. The zero-order chi connectivity index (χ0) is 24.6. The molecule has 3 aromatic rings. The highest BCUT2D eigenvalue weighted by atomic mass is 32.2. The summed E-state index contributed by atoms with van der Waals surface area (Å²) in [6.45, 7) is 2.07. The first-order chi connectivity index (χ1) is 17.1. The largest absolute Gasteiger partial charge is 0.497 e. The van der Waals surface area contributed by atoms with Crippen molar-refractivity contribution in [3.8, 4) is 22.9 Å². The van der Waals surface area contributed by atoms with E-state index in [9.17, 15) is 4.79 Å². The van der Waals surface area contributed by atoms with Gasteiger partial charge in [0, 0.05) is 23.2 Å². The van der Waals surface area contributed by atoms with Crippen molar-refractivity contribution in [1.82, 2.24) is 20.2 Å². The maximum atomic E-state index is 12.5. The van der Waals surface area contributed by atoms with Gasteiger partial charge in [0.1, 0.15) is 11.5 Å². The van der Waals surface area contributed by atoms with Crippen molar-refractivity contribution in [2.75, 3.05) is 20.0 Å². The molecule has 2 aromatic carbocycles. The van der Waals surface area contributed by atoms with E-state index in [4.69, 9.17) is 9.47 Å². The maximum Gasteiger partial charge on any atom is 0.250 e. The van der Waals surface area contributed by atoms with Crippen molar-refractivity contribution in [3.05, 3.63) is 53.6 Å². The van der Waals surface area contributed by atoms with Crippen LogP contribution in [0.2, 0.25) is 0 Å². The molecule has 0 unspecified atom stereocenters. The molecule has 0 atom stereocenters. The Morgan fingerprint density at radius 2 is 1.89 bits per heavy atom. The summed E-state index contributed by atoms with van der Waals surface area (Å²) in [5, 5.41) is 13.8. The second kappa shape index (κ2) is 11.9. The number of aromatic nitrogens is 3. The van der Waals surface area contributed by atoms with E-state index < -0.39 is 0 Å². The van der Waals surface area contributed by atoms with Crippen LogP contribution >= 0.6 is 11.8 Å². The Hall–Kier alpha value is -3.33. The van der Waals surface area contributed by atoms with Crippen molar-refractivity contribution in [2.45, 2.75) is 50.2 Å². The maximum absolute atomic E-state index is 12.5. The Labute approximate surface area is 210 Å². The third-order valence-corrected chi connectivity index (χ3v) is 7.02. The minimum Gasteiger partial charge on any atom is -0.497 e. The Bertz CT molecular complexity index is 1170. The molecule has 35 heavy (non-hydrogen) atoms. The second-order valence-corrected chi connectivity index (χ2v) is 9.47. The average Bonchev–Trinajstić information content (AvgIpc) is 3.32. The van der Waals surface area contributed by atoms with Gasteiger partial charge in [-0.2, -0.15) is 5.10 Å². The summed E-state index contributed by atoms with van der Waals surface area (Å²) in [5.74, 6) is 2.14. The number of methoxy groups -OCH3 is 2. The quantitative estimate of drug-likeness (QED) is 0.256. The van der Waals surface area contributed by atoms with E-state index in [0.29, 0.717) is 17.5 Å². The highest BCUT2D eigenvalue weighted by Gasteiger charge is 2.24. The summed E-state index contributed by atoms with van der Waals surface area (Å²) >= 11 is 1.39. The zero-order valence-electron chi connectivity index (χ0n) is 20.4. The molecule has 0 spiro atoms. The van der Waals surface area contributed by atoms with Gasteiger partial charge in [0.05, 0.1) is 26.2 Å². The van der Waals surface area contributed by atoms with Crippen LogP contribution in [0.3, 0.4) is 0 Å². The summed E-state index contributed by atoms with van der Waals surface area (Å²) in [4.78, 5) is 12.5. The second-order valence-electron chi connectivity index (χ2n) is 8.52. The van der Waals surface area contributed by atoms with Crippen molar-refractivity contribution < 1.29 is 14.3 Å². The Kier molecular flexibility index (Phi) is 8.41. The van der Waals surface area contributed by atoms with E-state index in [1.165, 1.54) is 36.6 Å². The number of aryl methyl sites for hydroxylation is 1. The first-order valence-electron chi connectivity index (χ1n) is 11.8. The number of carbonyl (C=O) groups excluding carboxylic acids is 1. The number of hydrogen-bond acceptors (Lipinski definition) is 7. The molecule has 0 radical (unpaired) electrons. The molecule has 1 fully saturated rings. The topological polar surface area (TPSA) is 90.6 Å². The van der Waals surface area contributed by atoms with E-state index in [2.05, 4.69) is 56.5 Å². The van der Waals surface area contributed by atoms with Gasteiger partial charge in [0.15, 0.2) is 11.0 Å². The number of nitrogens with zero attached hydrogens (tertiary/aromatic N) is 4. The third kappa shape index (κ3) is 6.22. The molecular weight excluding hydrogens is 462 g/mol. The fourth-order valence-electron chi connectivity index (χ4n) is 4.20. The van der Waals surface area contributed by atoms with Gasteiger partial charge in [-0.15, -0.1) is 10.2 Å². The summed E-state index contributed by atoms with van der Waals surface area (Å²) in [7, 11) is 3.17. The molecule has 0 saturated heterocycles. The monoisotopic (exact) mass is 493 g/mol. The Balaban J connectivity index is 1.44. The van der Waals surface area contributed by atoms with Crippen LogP contribution in [0.5, 0.6) is 11.5 Å². The van der Waals surface area contributed by atoms with Crippen LogP contribution in [0.4, 0.5) is 0 Å². The van der Waals surface area contributed by atoms with E-state index in [1.54, 1.807) is 26.5 Å². The van der Waals surface area contributed by atoms with Crippen molar-refractivity contribution in [2.24, 2.45) is 5.10 Å². The Morgan fingerprint density at radius 1 is 1.11 bits per heavy atom. The summed E-state index contributed by atoms with van der Waals surface area (Å²) in [6.07, 6.45) is 7.42. The van der Waals surface area contributed by atoms with E-state index in [0.717, 1.165) is 34.9 Å². The van der Waals surface area contributed by atoms with Crippen molar-refractivity contribution >= 4 is 23.9 Å². The molecule has 0 bridgehead atoms. The zero-order valence-corrected chi connectivity index (χ0v) is 21.2. The fraction of sp³-hybridized carbons (Fsp3) is 0.385. The number of amides is 1. The fourth-order valence-corrected chi connectivity index (χ4v) is 5.00.